The second-order valence-corrected chi connectivity index (χ2v) is 4.17. The van der Waals surface area contributed by atoms with Gasteiger partial charge in [-0.25, -0.2) is 0 Å². The van der Waals surface area contributed by atoms with Gasteiger partial charge in [-0.1, -0.05) is 13.8 Å². The van der Waals surface area contributed by atoms with Crippen molar-refractivity contribution < 1.29 is 5.11 Å². The summed E-state index contributed by atoms with van der Waals surface area (Å²) in [7, 11) is 0. The fourth-order valence-electron chi connectivity index (χ4n) is 1.70. The maximum Gasteiger partial charge on any atom is 0.0818 e. The molecule has 1 fully saturated rings. The summed E-state index contributed by atoms with van der Waals surface area (Å²) in [5.74, 6) is 0.673. The Hall–Kier alpha value is -0.120. The summed E-state index contributed by atoms with van der Waals surface area (Å²) in [4.78, 5) is 2.29. The molecule has 72 valence electrons. The van der Waals surface area contributed by atoms with Crippen molar-refractivity contribution >= 4 is 0 Å². The molecule has 12 heavy (non-hydrogen) atoms. The average Bonchev–Trinajstić information content (AvgIpc) is 1.96. The number of β-amino-alcohol motifs (C(OH)–C–C–N with tert-alkyl or cyclic N) is 1. The normalized spacial score (nSPS) is 32.8. The number of hydrogen-bond donors (Lipinski definition) is 2. The van der Waals surface area contributed by atoms with Crippen molar-refractivity contribution in [3.8, 4) is 0 Å². The molecule has 0 aromatic heterocycles. The van der Waals surface area contributed by atoms with Crippen LogP contribution in [0.15, 0.2) is 0 Å². The Morgan fingerprint density at radius 1 is 1.58 bits per heavy atom. The first-order valence-electron chi connectivity index (χ1n) is 4.75. The zero-order chi connectivity index (χ0) is 9.14. The van der Waals surface area contributed by atoms with E-state index in [9.17, 15) is 5.11 Å². The SMILES string of the molecule is CC(C)CN1CCC(N)C(O)C1. The van der Waals surface area contributed by atoms with E-state index in [1.165, 1.54) is 0 Å². The molecule has 1 heterocycles. The van der Waals surface area contributed by atoms with Gasteiger partial charge in [-0.3, -0.25) is 0 Å². The minimum Gasteiger partial charge on any atom is -0.390 e. The van der Waals surface area contributed by atoms with Gasteiger partial charge in [0.2, 0.25) is 0 Å². The highest BCUT2D eigenvalue weighted by atomic mass is 16.3. The van der Waals surface area contributed by atoms with E-state index in [1.54, 1.807) is 0 Å². The molecule has 1 aliphatic rings. The highest BCUT2D eigenvalue weighted by Crippen LogP contribution is 2.10. The minimum atomic E-state index is -0.322. The lowest BCUT2D eigenvalue weighted by atomic mass is 10.0. The van der Waals surface area contributed by atoms with E-state index in [0.29, 0.717) is 5.92 Å². The lowest BCUT2D eigenvalue weighted by molar-refractivity contribution is 0.0483. The van der Waals surface area contributed by atoms with Crippen LogP contribution >= 0.6 is 0 Å². The maximum atomic E-state index is 9.49. The second-order valence-electron chi connectivity index (χ2n) is 4.17. The summed E-state index contributed by atoms with van der Waals surface area (Å²) in [5.41, 5.74) is 5.69. The lowest BCUT2D eigenvalue weighted by Crippen LogP contribution is -2.51. The summed E-state index contributed by atoms with van der Waals surface area (Å²) in [6, 6.07) is -0.00610. The van der Waals surface area contributed by atoms with Crippen molar-refractivity contribution in [3.63, 3.8) is 0 Å². The molecule has 1 rings (SSSR count). The Bertz CT molecular complexity index is 138. The molecule has 2 atom stereocenters. The number of aliphatic hydroxyl groups excluding tert-OH is 1. The third-order valence-corrected chi connectivity index (χ3v) is 2.34. The highest BCUT2D eigenvalue weighted by Gasteiger charge is 2.24. The van der Waals surface area contributed by atoms with Crippen LogP contribution in [0.4, 0.5) is 0 Å². The van der Waals surface area contributed by atoms with Crippen LogP contribution < -0.4 is 5.73 Å². The molecule has 0 aliphatic carbocycles. The van der Waals surface area contributed by atoms with Crippen molar-refractivity contribution in [3.05, 3.63) is 0 Å². The first kappa shape index (κ1) is 9.96. The fourth-order valence-corrected chi connectivity index (χ4v) is 1.70. The second kappa shape index (κ2) is 4.21. The fraction of sp³-hybridized carbons (Fsp3) is 1.00. The third-order valence-electron chi connectivity index (χ3n) is 2.34. The number of hydrogen-bond acceptors (Lipinski definition) is 3. The molecule has 1 aliphatic heterocycles. The van der Waals surface area contributed by atoms with E-state index in [-0.39, 0.29) is 12.1 Å². The molecule has 1 saturated heterocycles. The number of aliphatic hydroxyl groups is 1. The van der Waals surface area contributed by atoms with Gasteiger partial charge in [0.25, 0.3) is 0 Å². The third kappa shape index (κ3) is 2.73. The topological polar surface area (TPSA) is 49.5 Å². The number of rotatable bonds is 2. The predicted octanol–water partition coefficient (Wildman–Crippen LogP) is 0.0363. The zero-order valence-electron chi connectivity index (χ0n) is 8.03. The predicted molar refractivity (Wildman–Crippen MR) is 49.9 cm³/mol. The van der Waals surface area contributed by atoms with E-state index in [2.05, 4.69) is 18.7 Å². The quantitative estimate of drug-likeness (QED) is 0.618. The molecule has 0 radical (unpaired) electrons. The molecule has 0 aromatic rings. The summed E-state index contributed by atoms with van der Waals surface area (Å²) in [6.07, 6.45) is 0.603. The molecule has 0 aromatic carbocycles. The Labute approximate surface area is 74.5 Å². The molecule has 3 N–H and O–H groups in total. The number of nitrogens with zero attached hydrogens (tertiary/aromatic N) is 1. The summed E-state index contributed by atoms with van der Waals surface area (Å²) < 4.78 is 0. The van der Waals surface area contributed by atoms with Gasteiger partial charge in [-0.2, -0.15) is 0 Å². The van der Waals surface area contributed by atoms with Gasteiger partial charge in [-0.05, 0) is 18.9 Å². The number of nitrogens with two attached hydrogens (primary N) is 1. The van der Waals surface area contributed by atoms with Crippen LogP contribution in [0.25, 0.3) is 0 Å². The van der Waals surface area contributed by atoms with Crippen LogP contribution in [0.2, 0.25) is 0 Å². The van der Waals surface area contributed by atoms with Crippen LogP contribution in [-0.2, 0) is 0 Å². The lowest BCUT2D eigenvalue weighted by Gasteiger charge is -2.34. The van der Waals surface area contributed by atoms with Crippen LogP contribution in [0.3, 0.4) is 0 Å². The number of likely N-dealkylation sites (tertiary alicyclic amines) is 1. The van der Waals surface area contributed by atoms with Crippen LogP contribution in [0.1, 0.15) is 20.3 Å². The Morgan fingerprint density at radius 3 is 2.75 bits per heavy atom. The number of piperidine rings is 1. The van der Waals surface area contributed by atoms with E-state index in [1.807, 2.05) is 0 Å². The largest absolute Gasteiger partial charge is 0.390 e. The minimum absolute atomic E-state index is 0.00610. The van der Waals surface area contributed by atoms with E-state index >= 15 is 0 Å². The molecule has 0 amide bonds. The van der Waals surface area contributed by atoms with Gasteiger partial charge in [0, 0.05) is 19.1 Å². The Kier molecular flexibility index (Phi) is 3.50. The smallest absolute Gasteiger partial charge is 0.0818 e. The standard InChI is InChI=1S/C9H20N2O/c1-7(2)5-11-4-3-8(10)9(12)6-11/h7-9,12H,3-6,10H2,1-2H3. The molecule has 0 spiro atoms. The van der Waals surface area contributed by atoms with Gasteiger partial charge < -0.3 is 15.7 Å². The first-order chi connectivity index (χ1) is 5.59. The summed E-state index contributed by atoms with van der Waals surface area (Å²) in [5, 5.41) is 9.49. The van der Waals surface area contributed by atoms with Crippen molar-refractivity contribution in [2.75, 3.05) is 19.6 Å². The molecule has 0 bridgehead atoms. The maximum absolute atomic E-state index is 9.49. The first-order valence-corrected chi connectivity index (χ1v) is 4.75. The Morgan fingerprint density at radius 2 is 2.25 bits per heavy atom. The van der Waals surface area contributed by atoms with Gasteiger partial charge in [0.1, 0.15) is 0 Å². The molecule has 0 saturated carbocycles. The van der Waals surface area contributed by atoms with Crippen molar-refractivity contribution in [2.24, 2.45) is 11.7 Å². The molecule has 3 heteroatoms. The van der Waals surface area contributed by atoms with E-state index in [0.717, 1.165) is 26.1 Å². The molecular weight excluding hydrogens is 152 g/mol. The zero-order valence-corrected chi connectivity index (χ0v) is 8.03. The molecule has 3 nitrogen and oxygen atoms in total. The molecule has 2 unspecified atom stereocenters. The molecular formula is C9H20N2O. The van der Waals surface area contributed by atoms with Crippen LogP contribution in [0.5, 0.6) is 0 Å². The highest BCUT2D eigenvalue weighted by molar-refractivity contribution is 4.82. The van der Waals surface area contributed by atoms with Crippen LogP contribution in [0, 0.1) is 5.92 Å². The summed E-state index contributed by atoms with van der Waals surface area (Å²) in [6.45, 7) is 7.25. The van der Waals surface area contributed by atoms with Crippen molar-refractivity contribution in [1.29, 1.82) is 0 Å². The average molecular weight is 172 g/mol. The Balaban J connectivity index is 2.30. The monoisotopic (exact) mass is 172 g/mol. The van der Waals surface area contributed by atoms with E-state index in [4.69, 9.17) is 5.73 Å². The van der Waals surface area contributed by atoms with Crippen molar-refractivity contribution in [1.82, 2.24) is 4.90 Å². The van der Waals surface area contributed by atoms with Crippen molar-refractivity contribution in [2.45, 2.75) is 32.4 Å². The van der Waals surface area contributed by atoms with Gasteiger partial charge in [0.15, 0.2) is 0 Å². The van der Waals surface area contributed by atoms with Gasteiger partial charge in [-0.15, -0.1) is 0 Å². The van der Waals surface area contributed by atoms with Gasteiger partial charge in [0.05, 0.1) is 6.10 Å². The van der Waals surface area contributed by atoms with Gasteiger partial charge >= 0.3 is 0 Å². The van der Waals surface area contributed by atoms with Crippen LogP contribution in [-0.4, -0.2) is 41.8 Å². The summed E-state index contributed by atoms with van der Waals surface area (Å²) >= 11 is 0. The van der Waals surface area contributed by atoms with E-state index < -0.39 is 0 Å².